The first-order valence-corrected chi connectivity index (χ1v) is 10.7. The van der Waals surface area contributed by atoms with Gasteiger partial charge in [-0.2, -0.15) is 10.1 Å². The number of hydrogen-bond acceptors (Lipinski definition) is 7. The normalized spacial score (nSPS) is 14.0. The molecule has 4 rings (SSSR count). The predicted molar refractivity (Wildman–Crippen MR) is 123 cm³/mol. The van der Waals surface area contributed by atoms with E-state index < -0.39 is 5.82 Å². The number of benzene rings is 2. The molecule has 3 aromatic rings. The van der Waals surface area contributed by atoms with Crippen LogP contribution in [-0.4, -0.2) is 42.5 Å². The molecule has 32 heavy (non-hydrogen) atoms. The van der Waals surface area contributed by atoms with Crippen molar-refractivity contribution in [2.45, 2.75) is 6.61 Å². The molecule has 0 radical (unpaired) electrons. The highest BCUT2D eigenvalue weighted by Crippen LogP contribution is 2.23. The second-order valence-corrected chi connectivity index (χ2v) is 7.77. The zero-order valence-electron chi connectivity index (χ0n) is 17.0. The number of ether oxygens (including phenoxy) is 2. The van der Waals surface area contributed by atoms with Gasteiger partial charge in [-0.3, -0.25) is 0 Å². The van der Waals surface area contributed by atoms with E-state index in [9.17, 15) is 4.39 Å². The molecule has 0 atom stereocenters. The molecule has 0 amide bonds. The van der Waals surface area contributed by atoms with Crippen LogP contribution < -0.4 is 15.1 Å². The van der Waals surface area contributed by atoms with Gasteiger partial charge in [-0.25, -0.2) is 14.8 Å². The van der Waals surface area contributed by atoms with E-state index in [0.29, 0.717) is 48.7 Å². The number of rotatable bonds is 7. The van der Waals surface area contributed by atoms with Crippen molar-refractivity contribution >= 4 is 41.2 Å². The van der Waals surface area contributed by atoms with Crippen LogP contribution in [0.3, 0.4) is 0 Å². The summed E-state index contributed by atoms with van der Waals surface area (Å²) in [6.45, 7) is 2.57. The summed E-state index contributed by atoms with van der Waals surface area (Å²) < 4.78 is 25.2. The quantitative estimate of drug-likeness (QED) is 0.391. The van der Waals surface area contributed by atoms with Crippen LogP contribution in [0.15, 0.2) is 53.8 Å². The molecular weight excluding hydrogens is 456 g/mol. The van der Waals surface area contributed by atoms with Crippen molar-refractivity contribution in [1.82, 2.24) is 9.97 Å². The molecule has 166 valence electrons. The first-order valence-electron chi connectivity index (χ1n) is 9.89. The highest BCUT2D eigenvalue weighted by Gasteiger charge is 2.17. The Hall–Kier alpha value is -2.94. The van der Waals surface area contributed by atoms with Crippen molar-refractivity contribution in [3.05, 3.63) is 75.7 Å². The van der Waals surface area contributed by atoms with E-state index in [2.05, 4.69) is 20.5 Å². The number of nitrogens with zero attached hydrogens (tertiary/aromatic N) is 4. The summed E-state index contributed by atoms with van der Waals surface area (Å²) in [7, 11) is 0. The highest BCUT2D eigenvalue weighted by atomic mass is 35.5. The average Bonchev–Trinajstić information content (AvgIpc) is 2.81. The van der Waals surface area contributed by atoms with Gasteiger partial charge in [-0.15, -0.1) is 0 Å². The molecule has 2 heterocycles. The fraction of sp³-hybridized carbons (Fsp3) is 0.227. The molecule has 10 heteroatoms. The van der Waals surface area contributed by atoms with Gasteiger partial charge in [0.05, 0.1) is 25.6 Å². The third-order valence-corrected chi connectivity index (χ3v) is 5.29. The number of nitrogens with one attached hydrogen (secondary N) is 1. The Kier molecular flexibility index (Phi) is 7.36. The van der Waals surface area contributed by atoms with Gasteiger partial charge < -0.3 is 14.4 Å². The van der Waals surface area contributed by atoms with Crippen LogP contribution in [0.2, 0.25) is 10.0 Å². The Bertz CT molecular complexity index is 1090. The first-order chi connectivity index (χ1) is 15.6. The molecule has 1 aliphatic rings. The molecule has 1 fully saturated rings. The number of anilines is 2. The fourth-order valence-corrected chi connectivity index (χ4v) is 3.49. The molecule has 0 saturated carbocycles. The van der Waals surface area contributed by atoms with Gasteiger partial charge in [-0.1, -0.05) is 29.3 Å². The Labute approximate surface area is 194 Å². The molecule has 0 aliphatic carbocycles. The fourth-order valence-electron chi connectivity index (χ4n) is 3.02. The second kappa shape index (κ2) is 10.6. The lowest BCUT2D eigenvalue weighted by Crippen LogP contribution is -2.37. The van der Waals surface area contributed by atoms with Crippen LogP contribution in [0.4, 0.5) is 16.2 Å². The van der Waals surface area contributed by atoms with Crippen LogP contribution in [0.5, 0.6) is 5.75 Å². The molecular formula is C22H20Cl2FN5O2. The van der Waals surface area contributed by atoms with Gasteiger partial charge in [0, 0.05) is 28.7 Å². The van der Waals surface area contributed by atoms with E-state index in [1.54, 1.807) is 18.3 Å². The third-order valence-electron chi connectivity index (χ3n) is 4.70. The lowest BCUT2D eigenvalue weighted by molar-refractivity contribution is 0.122. The second-order valence-electron chi connectivity index (χ2n) is 6.93. The van der Waals surface area contributed by atoms with E-state index in [0.717, 1.165) is 17.3 Å². The van der Waals surface area contributed by atoms with Crippen LogP contribution in [0.25, 0.3) is 0 Å². The standard InChI is InChI=1S/C22H20Cl2FN5O2/c23-17-4-3-16(19(24)11-17)14-32-18-5-1-15(2-6-18)12-27-29-22-26-13-20(25)21(28-22)30-7-9-31-10-8-30/h1-6,11-13H,7-10,14H2,(H,26,28,29). The van der Waals surface area contributed by atoms with Gasteiger partial charge in [0.2, 0.25) is 5.95 Å². The molecule has 0 bridgehead atoms. The molecule has 1 N–H and O–H groups in total. The third kappa shape index (κ3) is 5.85. The zero-order chi connectivity index (χ0) is 22.3. The minimum Gasteiger partial charge on any atom is -0.489 e. The van der Waals surface area contributed by atoms with Crippen molar-refractivity contribution in [3.8, 4) is 5.75 Å². The van der Waals surface area contributed by atoms with Gasteiger partial charge in [0.25, 0.3) is 0 Å². The maximum atomic E-state index is 14.1. The smallest absolute Gasteiger partial charge is 0.245 e. The summed E-state index contributed by atoms with van der Waals surface area (Å²) in [5.41, 5.74) is 4.42. The minimum atomic E-state index is -0.475. The summed E-state index contributed by atoms with van der Waals surface area (Å²) in [4.78, 5) is 9.99. The summed E-state index contributed by atoms with van der Waals surface area (Å²) in [6.07, 6.45) is 2.75. The highest BCUT2D eigenvalue weighted by molar-refractivity contribution is 6.35. The molecule has 0 spiro atoms. The number of hydrazone groups is 1. The van der Waals surface area contributed by atoms with Gasteiger partial charge >= 0.3 is 0 Å². The first kappa shape index (κ1) is 22.3. The summed E-state index contributed by atoms with van der Waals surface area (Å²) in [5, 5.41) is 5.28. The van der Waals surface area contributed by atoms with E-state index >= 15 is 0 Å². The van der Waals surface area contributed by atoms with E-state index in [1.807, 2.05) is 35.2 Å². The predicted octanol–water partition coefficient (Wildman–Crippen LogP) is 4.78. The van der Waals surface area contributed by atoms with Gasteiger partial charge in [0.15, 0.2) is 11.6 Å². The lowest BCUT2D eigenvalue weighted by atomic mass is 10.2. The number of aromatic nitrogens is 2. The Morgan fingerprint density at radius 1 is 1.16 bits per heavy atom. The summed E-state index contributed by atoms with van der Waals surface area (Å²) in [6, 6.07) is 12.7. The van der Waals surface area contributed by atoms with E-state index in [4.69, 9.17) is 32.7 Å². The topological polar surface area (TPSA) is 71.9 Å². The number of hydrogen-bond donors (Lipinski definition) is 1. The van der Waals surface area contributed by atoms with Crippen molar-refractivity contribution in [2.75, 3.05) is 36.6 Å². The van der Waals surface area contributed by atoms with E-state index in [1.165, 1.54) is 0 Å². The van der Waals surface area contributed by atoms with Crippen molar-refractivity contribution in [2.24, 2.45) is 5.10 Å². The van der Waals surface area contributed by atoms with Crippen LogP contribution in [0.1, 0.15) is 11.1 Å². The van der Waals surface area contributed by atoms with Crippen LogP contribution in [-0.2, 0) is 11.3 Å². The molecule has 1 aliphatic heterocycles. The number of morpholine rings is 1. The molecule has 7 nitrogen and oxygen atoms in total. The SMILES string of the molecule is Fc1cnc(NN=Cc2ccc(OCc3ccc(Cl)cc3Cl)cc2)nc1N1CCOCC1. The Balaban J connectivity index is 1.33. The monoisotopic (exact) mass is 475 g/mol. The Morgan fingerprint density at radius 3 is 2.69 bits per heavy atom. The van der Waals surface area contributed by atoms with E-state index in [-0.39, 0.29) is 11.8 Å². The molecule has 1 aromatic heterocycles. The molecule has 1 saturated heterocycles. The minimum absolute atomic E-state index is 0.212. The Morgan fingerprint density at radius 2 is 1.94 bits per heavy atom. The molecule has 0 unspecified atom stereocenters. The van der Waals surface area contributed by atoms with Gasteiger partial charge in [0.1, 0.15) is 12.4 Å². The van der Waals surface area contributed by atoms with Crippen molar-refractivity contribution in [3.63, 3.8) is 0 Å². The molecule has 2 aromatic carbocycles. The zero-order valence-corrected chi connectivity index (χ0v) is 18.5. The summed E-state index contributed by atoms with van der Waals surface area (Å²) >= 11 is 12.1. The van der Waals surface area contributed by atoms with Gasteiger partial charge in [-0.05, 0) is 42.0 Å². The van der Waals surface area contributed by atoms with Crippen LogP contribution in [0, 0.1) is 5.82 Å². The van der Waals surface area contributed by atoms with Crippen molar-refractivity contribution < 1.29 is 13.9 Å². The number of halogens is 3. The van der Waals surface area contributed by atoms with Crippen LogP contribution >= 0.6 is 23.2 Å². The lowest BCUT2D eigenvalue weighted by Gasteiger charge is -2.27. The summed E-state index contributed by atoms with van der Waals surface area (Å²) in [5.74, 6) is 0.669. The maximum absolute atomic E-state index is 14.1. The largest absolute Gasteiger partial charge is 0.489 e. The van der Waals surface area contributed by atoms with Crippen molar-refractivity contribution in [1.29, 1.82) is 0 Å². The average molecular weight is 476 g/mol. The maximum Gasteiger partial charge on any atom is 0.245 e.